The van der Waals surface area contributed by atoms with Crippen molar-refractivity contribution >= 4 is 20.0 Å². The van der Waals surface area contributed by atoms with Crippen LogP contribution >= 0.6 is 0 Å². The predicted molar refractivity (Wildman–Crippen MR) is 29.2 cm³/mol. The van der Waals surface area contributed by atoms with E-state index < -0.39 is 20.0 Å². The van der Waals surface area contributed by atoms with Crippen LogP contribution in [0.3, 0.4) is 0 Å². The van der Waals surface area contributed by atoms with Crippen LogP contribution in [0.1, 0.15) is 0 Å². The fourth-order valence-electron chi connectivity index (χ4n) is 0. The van der Waals surface area contributed by atoms with Crippen molar-refractivity contribution < 1.29 is 0 Å². The minimum atomic E-state index is -1.26. The summed E-state index contributed by atoms with van der Waals surface area (Å²) in [5, 5.41) is 0. The third-order valence-corrected chi connectivity index (χ3v) is 0. The van der Waals surface area contributed by atoms with E-state index >= 15 is 0 Å². The molecule has 0 aliphatic rings. The molecule has 0 aromatic carbocycles. The molecule has 0 saturated heterocycles. The SMILES string of the molecule is [CH3][In-]([CH3])([CH3])[CH3]. The van der Waals surface area contributed by atoms with Crippen LogP contribution < -0.4 is 0 Å². The Bertz CT molecular complexity index is 19.1. The van der Waals surface area contributed by atoms with Gasteiger partial charge in [0.15, 0.2) is 0 Å². The van der Waals surface area contributed by atoms with Crippen LogP contribution in [0, 0.1) is 0 Å². The van der Waals surface area contributed by atoms with Crippen molar-refractivity contribution in [2.75, 3.05) is 0 Å². The summed E-state index contributed by atoms with van der Waals surface area (Å²) in [5.74, 6) is 0. The molecule has 0 heterocycles. The molecule has 0 aromatic heterocycles. The molecule has 0 N–H and O–H groups in total. The Balaban J connectivity index is 3.02. The number of rotatable bonds is 0. The average Bonchev–Trinajstić information content (AvgIpc) is 0.722. The summed E-state index contributed by atoms with van der Waals surface area (Å²) in [6, 6.07) is 0. The van der Waals surface area contributed by atoms with Crippen molar-refractivity contribution in [2.24, 2.45) is 0 Å². The molecule has 0 aliphatic heterocycles. The van der Waals surface area contributed by atoms with Crippen molar-refractivity contribution in [1.29, 1.82) is 0 Å². The fourth-order valence-corrected chi connectivity index (χ4v) is 0. The van der Waals surface area contributed by atoms with Gasteiger partial charge in [0.2, 0.25) is 0 Å². The molecule has 0 bridgehead atoms. The van der Waals surface area contributed by atoms with Gasteiger partial charge in [0.1, 0.15) is 0 Å². The van der Waals surface area contributed by atoms with E-state index in [2.05, 4.69) is 18.7 Å². The van der Waals surface area contributed by atoms with E-state index in [0.717, 1.165) is 0 Å². The van der Waals surface area contributed by atoms with E-state index in [1.807, 2.05) is 0 Å². The second-order valence-electron chi connectivity index (χ2n) is 3.46. The Morgan fingerprint density at radius 1 is 0.800 bits per heavy atom. The molecule has 0 spiro atoms. The van der Waals surface area contributed by atoms with E-state index in [1.54, 1.807) is 0 Å². The van der Waals surface area contributed by atoms with Crippen LogP contribution in [-0.4, -0.2) is 20.0 Å². The van der Waals surface area contributed by atoms with Gasteiger partial charge in [0, 0.05) is 0 Å². The third-order valence-electron chi connectivity index (χ3n) is 0. The summed E-state index contributed by atoms with van der Waals surface area (Å²) in [6.45, 7) is 0. The molecule has 0 aliphatic carbocycles. The van der Waals surface area contributed by atoms with E-state index in [-0.39, 0.29) is 0 Å². The maximum absolute atomic E-state index is 2.41. The Morgan fingerprint density at radius 3 is 0.800 bits per heavy atom. The van der Waals surface area contributed by atoms with Gasteiger partial charge in [-0.15, -0.1) is 0 Å². The van der Waals surface area contributed by atoms with Crippen LogP contribution in [0.4, 0.5) is 0 Å². The summed E-state index contributed by atoms with van der Waals surface area (Å²) >= 11 is -1.26. The zero-order chi connectivity index (χ0) is 4.50. The Hall–Kier alpha value is 0.870. The molecule has 0 radical (unpaired) electrons. The molecule has 0 aromatic rings. The van der Waals surface area contributed by atoms with E-state index in [0.29, 0.717) is 0 Å². The van der Waals surface area contributed by atoms with Crippen molar-refractivity contribution in [1.82, 2.24) is 0 Å². The summed E-state index contributed by atoms with van der Waals surface area (Å²) < 4.78 is 9.63. The van der Waals surface area contributed by atoms with Gasteiger partial charge in [-0.2, -0.15) is 0 Å². The van der Waals surface area contributed by atoms with Gasteiger partial charge in [-0.05, 0) is 0 Å². The molecule has 0 saturated carbocycles. The van der Waals surface area contributed by atoms with Crippen LogP contribution in [0.5, 0.6) is 0 Å². The van der Waals surface area contributed by atoms with Gasteiger partial charge in [-0.25, -0.2) is 0 Å². The Kier molecular flexibility index (Phi) is 1.81. The van der Waals surface area contributed by atoms with Gasteiger partial charge in [-0.1, -0.05) is 0 Å². The average molecular weight is 175 g/mol. The molecular weight excluding hydrogens is 163 g/mol. The number of hydrogen-bond acceptors (Lipinski definition) is 0. The first-order valence-corrected chi connectivity index (χ1v) is 15.5. The summed E-state index contributed by atoms with van der Waals surface area (Å²) in [6.07, 6.45) is 0. The summed E-state index contributed by atoms with van der Waals surface area (Å²) in [4.78, 5) is 0. The van der Waals surface area contributed by atoms with E-state index in [4.69, 9.17) is 0 Å². The van der Waals surface area contributed by atoms with E-state index in [1.165, 1.54) is 0 Å². The maximum atomic E-state index is 2.41. The van der Waals surface area contributed by atoms with Crippen molar-refractivity contribution in [2.45, 2.75) is 18.7 Å². The molecule has 0 atom stereocenters. The molecule has 0 unspecified atom stereocenters. The molecule has 0 amide bonds. The van der Waals surface area contributed by atoms with Gasteiger partial charge < -0.3 is 0 Å². The first-order chi connectivity index (χ1) is 2.00. The molecule has 0 fully saturated rings. The normalized spacial score (nSPS) is 12.0. The number of hydrogen-bond donors (Lipinski definition) is 0. The van der Waals surface area contributed by atoms with Gasteiger partial charge in [-0.3, -0.25) is 0 Å². The van der Waals surface area contributed by atoms with Crippen LogP contribution in [0.25, 0.3) is 0 Å². The third kappa shape index (κ3) is 53.0. The molecule has 1 heteroatoms. The van der Waals surface area contributed by atoms with E-state index in [9.17, 15) is 0 Å². The predicted octanol–water partition coefficient (Wildman–Crippen LogP) is 1.95. The van der Waals surface area contributed by atoms with Crippen molar-refractivity contribution in [3.63, 3.8) is 0 Å². The minimum absolute atomic E-state index is 1.26. The summed E-state index contributed by atoms with van der Waals surface area (Å²) in [7, 11) is 0. The second-order valence-corrected chi connectivity index (χ2v) is 23.2. The Labute approximate surface area is 38.9 Å². The van der Waals surface area contributed by atoms with Crippen LogP contribution in [0.2, 0.25) is 18.7 Å². The Morgan fingerprint density at radius 2 is 0.800 bits per heavy atom. The topological polar surface area (TPSA) is 0 Å². The molecule has 0 nitrogen and oxygen atoms in total. The first-order valence-electron chi connectivity index (χ1n) is 2.31. The molecule has 0 rings (SSSR count). The summed E-state index contributed by atoms with van der Waals surface area (Å²) in [5.41, 5.74) is 0. The van der Waals surface area contributed by atoms with Gasteiger partial charge >= 0.3 is 38.7 Å². The standard InChI is InChI=1S/4CH3.In/h4*1H3;/q;;;;-1. The van der Waals surface area contributed by atoms with Crippen LogP contribution in [0.15, 0.2) is 0 Å². The van der Waals surface area contributed by atoms with Crippen molar-refractivity contribution in [3.05, 3.63) is 0 Å². The molecule has 32 valence electrons. The zero-order valence-corrected chi connectivity index (χ0v) is 7.87. The zero-order valence-electron chi connectivity index (χ0n) is 4.58. The molecular formula is C4H12In-. The monoisotopic (exact) mass is 175 g/mol. The quantitative estimate of drug-likeness (QED) is 0.527. The fraction of sp³-hybridized carbons (Fsp3) is 1.00. The van der Waals surface area contributed by atoms with Crippen LogP contribution in [-0.2, 0) is 0 Å². The van der Waals surface area contributed by atoms with Gasteiger partial charge in [0.05, 0.1) is 0 Å². The van der Waals surface area contributed by atoms with Crippen molar-refractivity contribution in [3.8, 4) is 0 Å². The molecule has 5 heavy (non-hydrogen) atoms. The van der Waals surface area contributed by atoms with Gasteiger partial charge in [0.25, 0.3) is 0 Å². The first kappa shape index (κ1) is 5.87. The second kappa shape index (κ2) is 1.55.